The highest BCUT2D eigenvalue weighted by molar-refractivity contribution is 9.10. The predicted molar refractivity (Wildman–Crippen MR) is 85.1 cm³/mol. The second-order valence-corrected chi connectivity index (χ2v) is 6.84. The quantitative estimate of drug-likeness (QED) is 0.786. The SMILES string of the molecule is O=C(NC1CC1)C1CCc2cc(Br)cc3[nH]c(=O)c(=O)n1c23. The van der Waals surface area contributed by atoms with E-state index in [1.165, 1.54) is 4.57 Å². The van der Waals surface area contributed by atoms with E-state index in [9.17, 15) is 14.4 Å². The molecule has 0 spiro atoms. The number of hydrogen-bond donors (Lipinski definition) is 2. The smallest absolute Gasteiger partial charge is 0.317 e. The Morgan fingerprint density at radius 3 is 2.77 bits per heavy atom. The van der Waals surface area contributed by atoms with Gasteiger partial charge in [-0.2, -0.15) is 0 Å². The highest BCUT2D eigenvalue weighted by Gasteiger charge is 2.32. The second kappa shape index (κ2) is 4.81. The van der Waals surface area contributed by atoms with Gasteiger partial charge in [0.05, 0.1) is 11.0 Å². The lowest BCUT2D eigenvalue weighted by Gasteiger charge is -2.26. The zero-order chi connectivity index (χ0) is 15.4. The number of benzene rings is 1. The number of carbonyl (C=O) groups is 1. The van der Waals surface area contributed by atoms with Crippen LogP contribution >= 0.6 is 15.9 Å². The highest BCUT2D eigenvalue weighted by Crippen LogP contribution is 2.31. The van der Waals surface area contributed by atoms with E-state index in [1.807, 2.05) is 6.07 Å². The van der Waals surface area contributed by atoms with Crippen molar-refractivity contribution in [2.45, 2.75) is 37.8 Å². The number of halogens is 1. The fourth-order valence-electron chi connectivity index (χ4n) is 3.10. The Hall–Kier alpha value is -1.89. The molecule has 0 bridgehead atoms. The molecule has 1 aliphatic heterocycles. The summed E-state index contributed by atoms with van der Waals surface area (Å²) in [5.74, 6) is -0.162. The first-order chi connectivity index (χ1) is 10.5. The van der Waals surface area contributed by atoms with Crippen LogP contribution in [0.2, 0.25) is 0 Å². The summed E-state index contributed by atoms with van der Waals surface area (Å²) in [7, 11) is 0. The molecule has 1 atom stereocenters. The van der Waals surface area contributed by atoms with Crippen LogP contribution in [0, 0.1) is 0 Å². The molecule has 0 radical (unpaired) electrons. The Kier molecular flexibility index (Phi) is 3.00. The standard InChI is InChI=1S/C15H14BrN3O3/c16-8-5-7-1-4-11(13(20)17-9-2-3-9)19-12(7)10(6-8)18-14(21)15(19)22/h5-6,9,11H,1-4H2,(H,17,20)(H,18,21). The zero-order valence-electron chi connectivity index (χ0n) is 11.7. The molecule has 7 heteroatoms. The molecule has 1 fully saturated rings. The summed E-state index contributed by atoms with van der Waals surface area (Å²) in [5, 5.41) is 2.94. The first-order valence-electron chi connectivity index (χ1n) is 7.32. The van der Waals surface area contributed by atoms with Crippen molar-refractivity contribution in [1.82, 2.24) is 14.9 Å². The van der Waals surface area contributed by atoms with Crippen molar-refractivity contribution in [2.24, 2.45) is 0 Å². The van der Waals surface area contributed by atoms with Crippen LogP contribution in [0.1, 0.15) is 30.9 Å². The van der Waals surface area contributed by atoms with E-state index in [-0.39, 0.29) is 11.9 Å². The van der Waals surface area contributed by atoms with E-state index in [0.29, 0.717) is 23.9 Å². The van der Waals surface area contributed by atoms with Gasteiger partial charge in [0.1, 0.15) is 6.04 Å². The van der Waals surface area contributed by atoms with Gasteiger partial charge < -0.3 is 10.3 Å². The van der Waals surface area contributed by atoms with Crippen LogP contribution in [0.3, 0.4) is 0 Å². The molecule has 114 valence electrons. The summed E-state index contributed by atoms with van der Waals surface area (Å²) >= 11 is 3.41. The Morgan fingerprint density at radius 2 is 2.05 bits per heavy atom. The van der Waals surface area contributed by atoms with E-state index < -0.39 is 17.2 Å². The number of aromatic amines is 1. The molecule has 6 nitrogen and oxygen atoms in total. The van der Waals surface area contributed by atoms with Crippen LogP contribution in [0.25, 0.3) is 11.0 Å². The highest BCUT2D eigenvalue weighted by atomic mass is 79.9. The molecular weight excluding hydrogens is 350 g/mol. The number of aromatic nitrogens is 2. The maximum absolute atomic E-state index is 12.4. The average Bonchev–Trinajstić information content (AvgIpc) is 3.27. The molecular formula is C15H14BrN3O3. The van der Waals surface area contributed by atoms with Gasteiger partial charge in [0.2, 0.25) is 5.91 Å². The van der Waals surface area contributed by atoms with E-state index in [4.69, 9.17) is 0 Å². The monoisotopic (exact) mass is 363 g/mol. The number of H-pyrrole nitrogens is 1. The van der Waals surface area contributed by atoms with Gasteiger partial charge in [-0.3, -0.25) is 19.0 Å². The van der Waals surface area contributed by atoms with Crippen molar-refractivity contribution in [1.29, 1.82) is 0 Å². The molecule has 4 rings (SSSR count). The number of rotatable bonds is 2. The molecule has 1 unspecified atom stereocenters. The summed E-state index contributed by atoms with van der Waals surface area (Å²) in [6, 6.07) is 3.32. The third-order valence-electron chi connectivity index (χ3n) is 4.28. The van der Waals surface area contributed by atoms with E-state index in [0.717, 1.165) is 22.9 Å². The van der Waals surface area contributed by atoms with E-state index >= 15 is 0 Å². The Bertz CT molecular complexity index is 911. The van der Waals surface area contributed by atoms with Gasteiger partial charge >= 0.3 is 11.1 Å². The number of nitrogens with one attached hydrogen (secondary N) is 2. The molecule has 1 amide bonds. The van der Waals surface area contributed by atoms with Crippen molar-refractivity contribution in [3.05, 3.63) is 42.9 Å². The van der Waals surface area contributed by atoms with Crippen LogP contribution in [0.5, 0.6) is 0 Å². The van der Waals surface area contributed by atoms with Gasteiger partial charge in [0.25, 0.3) is 0 Å². The average molecular weight is 364 g/mol. The lowest BCUT2D eigenvalue weighted by atomic mass is 9.97. The van der Waals surface area contributed by atoms with Crippen molar-refractivity contribution >= 4 is 32.9 Å². The number of carbonyl (C=O) groups excluding carboxylic acids is 1. The molecule has 0 saturated heterocycles. The predicted octanol–water partition coefficient (Wildman–Crippen LogP) is 1.22. The fourth-order valence-corrected chi connectivity index (χ4v) is 3.61. The summed E-state index contributed by atoms with van der Waals surface area (Å²) in [6.07, 6.45) is 3.20. The van der Waals surface area contributed by atoms with Crippen molar-refractivity contribution in [3.63, 3.8) is 0 Å². The second-order valence-electron chi connectivity index (χ2n) is 5.93. The first kappa shape index (κ1) is 13.8. The molecule has 1 aromatic heterocycles. The maximum Gasteiger partial charge on any atom is 0.317 e. The van der Waals surface area contributed by atoms with Gasteiger partial charge in [0.15, 0.2) is 0 Å². The molecule has 22 heavy (non-hydrogen) atoms. The minimum absolute atomic E-state index is 0.162. The van der Waals surface area contributed by atoms with Gasteiger partial charge in [0, 0.05) is 10.5 Å². The Labute approximate surface area is 133 Å². The van der Waals surface area contributed by atoms with Crippen molar-refractivity contribution in [2.75, 3.05) is 0 Å². The molecule has 1 saturated carbocycles. The third-order valence-corrected chi connectivity index (χ3v) is 4.74. The third kappa shape index (κ3) is 2.11. The van der Waals surface area contributed by atoms with Crippen LogP contribution in [0.15, 0.2) is 26.2 Å². The van der Waals surface area contributed by atoms with Crippen LogP contribution in [-0.4, -0.2) is 21.5 Å². The largest absolute Gasteiger partial charge is 0.352 e. The fraction of sp³-hybridized carbons (Fsp3) is 0.400. The number of amides is 1. The molecule has 2 aliphatic rings. The van der Waals surface area contributed by atoms with Gasteiger partial charge in [-0.15, -0.1) is 0 Å². The van der Waals surface area contributed by atoms with Crippen molar-refractivity contribution < 1.29 is 4.79 Å². The lowest BCUT2D eigenvalue weighted by molar-refractivity contribution is -0.124. The Morgan fingerprint density at radius 1 is 1.27 bits per heavy atom. The van der Waals surface area contributed by atoms with Crippen LogP contribution in [-0.2, 0) is 11.2 Å². The minimum atomic E-state index is -0.692. The van der Waals surface area contributed by atoms with E-state index in [2.05, 4.69) is 26.2 Å². The van der Waals surface area contributed by atoms with Crippen LogP contribution in [0.4, 0.5) is 0 Å². The molecule has 1 aliphatic carbocycles. The summed E-state index contributed by atoms with van der Waals surface area (Å²) in [6.45, 7) is 0. The molecule has 2 aromatic rings. The van der Waals surface area contributed by atoms with E-state index in [1.54, 1.807) is 6.07 Å². The first-order valence-corrected chi connectivity index (χ1v) is 8.11. The Balaban J connectivity index is 1.95. The summed E-state index contributed by atoms with van der Waals surface area (Å²) < 4.78 is 2.22. The topological polar surface area (TPSA) is 84.0 Å². The van der Waals surface area contributed by atoms with Crippen molar-refractivity contribution in [3.8, 4) is 0 Å². The molecule has 2 heterocycles. The summed E-state index contributed by atoms with van der Waals surface area (Å²) in [5.41, 5.74) is 0.857. The number of aryl methyl sites for hydroxylation is 1. The van der Waals surface area contributed by atoms with Gasteiger partial charge in [-0.1, -0.05) is 15.9 Å². The molecule has 1 aromatic carbocycles. The van der Waals surface area contributed by atoms with Crippen LogP contribution < -0.4 is 16.4 Å². The normalized spacial score (nSPS) is 20.1. The number of hydrogen-bond acceptors (Lipinski definition) is 3. The number of nitrogens with zero attached hydrogens (tertiary/aromatic N) is 1. The minimum Gasteiger partial charge on any atom is -0.352 e. The van der Waals surface area contributed by atoms with Gasteiger partial charge in [-0.25, -0.2) is 0 Å². The zero-order valence-corrected chi connectivity index (χ0v) is 13.3. The molecule has 2 N–H and O–H groups in total. The maximum atomic E-state index is 12.4. The lowest BCUT2D eigenvalue weighted by Crippen LogP contribution is -2.45. The van der Waals surface area contributed by atoms with Gasteiger partial charge in [-0.05, 0) is 43.4 Å². The summed E-state index contributed by atoms with van der Waals surface area (Å²) in [4.78, 5) is 39.3.